The first kappa shape index (κ1) is 15.3. The fraction of sp³-hybridized carbons (Fsp3) is 0.625. The number of hydrogen-bond donors (Lipinski definition) is 2. The summed E-state index contributed by atoms with van der Waals surface area (Å²) >= 11 is 3.49. The summed E-state index contributed by atoms with van der Waals surface area (Å²) in [7, 11) is 0. The first-order valence-corrected chi connectivity index (χ1v) is 8.41. The Balaban J connectivity index is 1.70. The molecule has 2 N–H and O–H groups in total. The van der Waals surface area contributed by atoms with Gasteiger partial charge in [-0.3, -0.25) is 0 Å². The molecule has 1 aromatic rings. The molecule has 1 atom stereocenters. The average Bonchev–Trinajstić information content (AvgIpc) is 2.67. The molecule has 0 amide bonds. The third-order valence-electron chi connectivity index (χ3n) is 4.35. The second-order valence-corrected chi connectivity index (χ2v) is 6.86. The van der Waals surface area contributed by atoms with Gasteiger partial charge in [-0.2, -0.15) is 0 Å². The molecule has 21 heavy (non-hydrogen) atoms. The molecule has 0 spiro atoms. The number of ether oxygens (including phenoxy) is 2. The van der Waals surface area contributed by atoms with Gasteiger partial charge in [0.25, 0.3) is 0 Å². The third kappa shape index (κ3) is 3.77. The van der Waals surface area contributed by atoms with Crippen molar-refractivity contribution in [3.05, 3.63) is 28.2 Å². The Morgan fingerprint density at radius 3 is 2.90 bits per heavy atom. The summed E-state index contributed by atoms with van der Waals surface area (Å²) in [4.78, 5) is 0. The quantitative estimate of drug-likeness (QED) is 0.875. The zero-order valence-electron chi connectivity index (χ0n) is 12.1. The zero-order valence-corrected chi connectivity index (χ0v) is 13.7. The van der Waals surface area contributed by atoms with Crippen molar-refractivity contribution in [3.63, 3.8) is 0 Å². The summed E-state index contributed by atoms with van der Waals surface area (Å²) in [6.45, 7) is 2.65. The lowest BCUT2D eigenvalue weighted by Gasteiger charge is -2.34. The number of halogens is 1. The van der Waals surface area contributed by atoms with Crippen molar-refractivity contribution in [1.29, 1.82) is 0 Å². The summed E-state index contributed by atoms with van der Waals surface area (Å²) in [6.07, 6.45) is 3.46. The van der Waals surface area contributed by atoms with E-state index in [1.165, 1.54) is 5.56 Å². The fourth-order valence-electron chi connectivity index (χ4n) is 3.00. The van der Waals surface area contributed by atoms with Crippen molar-refractivity contribution in [2.75, 3.05) is 26.4 Å². The smallest absolute Gasteiger partial charge is 0.125 e. The standard InChI is InChI=1S/C16H22BrNO3/c17-12-3-4-13-14(2-1-7-21-15(13)10-12)18-11-16(19)5-8-20-9-6-16/h3-4,10,14,18-19H,1-2,5-9,11H2. The van der Waals surface area contributed by atoms with E-state index in [2.05, 4.69) is 27.3 Å². The molecule has 116 valence electrons. The van der Waals surface area contributed by atoms with Gasteiger partial charge in [-0.15, -0.1) is 0 Å². The first-order chi connectivity index (χ1) is 10.2. The maximum absolute atomic E-state index is 10.6. The van der Waals surface area contributed by atoms with Gasteiger partial charge in [-0.05, 0) is 25.0 Å². The van der Waals surface area contributed by atoms with Gasteiger partial charge in [0.2, 0.25) is 0 Å². The van der Waals surface area contributed by atoms with Crippen LogP contribution in [0.25, 0.3) is 0 Å². The average molecular weight is 356 g/mol. The van der Waals surface area contributed by atoms with E-state index in [0.29, 0.717) is 32.6 Å². The predicted octanol–water partition coefficient (Wildman–Crippen LogP) is 2.79. The van der Waals surface area contributed by atoms with Crippen LogP contribution in [-0.4, -0.2) is 37.1 Å². The molecule has 2 aliphatic heterocycles. The second-order valence-electron chi connectivity index (χ2n) is 5.94. The largest absolute Gasteiger partial charge is 0.493 e. The van der Waals surface area contributed by atoms with Crippen molar-refractivity contribution in [2.45, 2.75) is 37.3 Å². The number of hydrogen-bond acceptors (Lipinski definition) is 4. The van der Waals surface area contributed by atoms with Gasteiger partial charge in [-0.25, -0.2) is 0 Å². The molecule has 1 saturated heterocycles. The molecule has 3 rings (SSSR count). The number of fused-ring (bicyclic) bond motifs is 1. The van der Waals surface area contributed by atoms with Crippen molar-refractivity contribution < 1.29 is 14.6 Å². The maximum atomic E-state index is 10.6. The van der Waals surface area contributed by atoms with Crippen LogP contribution in [-0.2, 0) is 4.74 Å². The van der Waals surface area contributed by atoms with E-state index in [9.17, 15) is 5.11 Å². The van der Waals surface area contributed by atoms with Gasteiger partial charge in [0.1, 0.15) is 5.75 Å². The highest BCUT2D eigenvalue weighted by atomic mass is 79.9. The van der Waals surface area contributed by atoms with Crippen LogP contribution in [0.3, 0.4) is 0 Å². The highest BCUT2D eigenvalue weighted by Gasteiger charge is 2.31. The van der Waals surface area contributed by atoms with Gasteiger partial charge in [0, 0.05) is 48.7 Å². The minimum Gasteiger partial charge on any atom is -0.493 e. The van der Waals surface area contributed by atoms with Crippen molar-refractivity contribution >= 4 is 15.9 Å². The molecule has 1 unspecified atom stereocenters. The van der Waals surface area contributed by atoms with Gasteiger partial charge in [-0.1, -0.05) is 22.0 Å². The zero-order chi connectivity index (χ0) is 14.7. The third-order valence-corrected chi connectivity index (χ3v) is 4.84. The van der Waals surface area contributed by atoms with Gasteiger partial charge < -0.3 is 19.9 Å². The van der Waals surface area contributed by atoms with E-state index in [0.717, 1.165) is 29.7 Å². The van der Waals surface area contributed by atoms with E-state index in [1.807, 2.05) is 12.1 Å². The molecule has 0 saturated carbocycles. The summed E-state index contributed by atoms with van der Waals surface area (Å²) in [6, 6.07) is 6.42. The van der Waals surface area contributed by atoms with E-state index in [-0.39, 0.29) is 6.04 Å². The maximum Gasteiger partial charge on any atom is 0.125 e. The van der Waals surface area contributed by atoms with Crippen LogP contribution in [0.15, 0.2) is 22.7 Å². The molecule has 5 heteroatoms. The summed E-state index contributed by atoms with van der Waals surface area (Å²) in [5.41, 5.74) is 0.548. The molecule has 0 radical (unpaired) electrons. The Hall–Kier alpha value is -0.620. The molecule has 0 aliphatic carbocycles. The summed E-state index contributed by atoms with van der Waals surface area (Å²) in [5, 5.41) is 14.1. The Morgan fingerprint density at radius 1 is 1.29 bits per heavy atom. The van der Waals surface area contributed by atoms with Gasteiger partial charge in [0.05, 0.1) is 12.2 Å². The van der Waals surface area contributed by atoms with Gasteiger partial charge in [0.15, 0.2) is 0 Å². The normalized spacial score (nSPS) is 24.8. The fourth-order valence-corrected chi connectivity index (χ4v) is 3.34. The highest BCUT2D eigenvalue weighted by Crippen LogP contribution is 2.34. The van der Waals surface area contributed by atoms with Crippen LogP contribution in [0.4, 0.5) is 0 Å². The molecule has 0 bridgehead atoms. The van der Waals surface area contributed by atoms with Gasteiger partial charge >= 0.3 is 0 Å². The van der Waals surface area contributed by atoms with Crippen LogP contribution in [0.2, 0.25) is 0 Å². The van der Waals surface area contributed by atoms with E-state index >= 15 is 0 Å². The molecule has 1 fully saturated rings. The molecular weight excluding hydrogens is 334 g/mol. The Labute approximate surface area is 134 Å². The molecule has 4 nitrogen and oxygen atoms in total. The number of rotatable bonds is 3. The number of nitrogens with one attached hydrogen (secondary N) is 1. The van der Waals surface area contributed by atoms with Crippen molar-refractivity contribution in [1.82, 2.24) is 5.32 Å². The number of benzene rings is 1. The summed E-state index contributed by atoms with van der Waals surface area (Å²) in [5.74, 6) is 0.943. The second kappa shape index (κ2) is 6.65. The van der Waals surface area contributed by atoms with Crippen LogP contribution in [0.1, 0.15) is 37.3 Å². The highest BCUT2D eigenvalue weighted by molar-refractivity contribution is 9.10. The minimum atomic E-state index is -0.638. The lowest BCUT2D eigenvalue weighted by molar-refractivity contribution is -0.0629. The Kier molecular flexibility index (Phi) is 4.84. The molecular formula is C16H22BrNO3. The Morgan fingerprint density at radius 2 is 2.10 bits per heavy atom. The first-order valence-electron chi connectivity index (χ1n) is 7.62. The van der Waals surface area contributed by atoms with Crippen molar-refractivity contribution in [2.24, 2.45) is 0 Å². The molecule has 0 aromatic heterocycles. The van der Waals surface area contributed by atoms with Crippen LogP contribution in [0, 0.1) is 0 Å². The summed E-state index contributed by atoms with van der Waals surface area (Å²) < 4.78 is 12.2. The van der Waals surface area contributed by atoms with Crippen LogP contribution in [0.5, 0.6) is 5.75 Å². The SMILES string of the molecule is OC1(CNC2CCCOc3cc(Br)ccc32)CCOCC1. The Bertz CT molecular complexity index is 488. The molecule has 2 aliphatic rings. The lowest BCUT2D eigenvalue weighted by Crippen LogP contribution is -2.45. The molecule has 2 heterocycles. The van der Waals surface area contributed by atoms with E-state index in [1.54, 1.807) is 0 Å². The number of aliphatic hydroxyl groups is 1. The molecule has 1 aromatic carbocycles. The topological polar surface area (TPSA) is 50.7 Å². The van der Waals surface area contributed by atoms with Crippen LogP contribution >= 0.6 is 15.9 Å². The predicted molar refractivity (Wildman–Crippen MR) is 84.6 cm³/mol. The van der Waals surface area contributed by atoms with Crippen LogP contribution < -0.4 is 10.1 Å². The van der Waals surface area contributed by atoms with E-state index in [4.69, 9.17) is 9.47 Å². The van der Waals surface area contributed by atoms with E-state index < -0.39 is 5.60 Å². The monoisotopic (exact) mass is 355 g/mol. The minimum absolute atomic E-state index is 0.238. The lowest BCUT2D eigenvalue weighted by atomic mass is 9.93. The van der Waals surface area contributed by atoms with Crippen molar-refractivity contribution in [3.8, 4) is 5.75 Å².